The van der Waals surface area contributed by atoms with E-state index in [0.717, 1.165) is 11.3 Å². The van der Waals surface area contributed by atoms with Gasteiger partial charge in [0.05, 0.1) is 4.88 Å². The van der Waals surface area contributed by atoms with Crippen molar-refractivity contribution in [3.05, 3.63) is 15.8 Å². The SMILES string of the molecule is CCCNC(=O)CCNC(=O)c1cc(N)c(C)s1. The van der Waals surface area contributed by atoms with Gasteiger partial charge in [-0.2, -0.15) is 0 Å². The van der Waals surface area contributed by atoms with Crippen molar-refractivity contribution < 1.29 is 9.59 Å². The summed E-state index contributed by atoms with van der Waals surface area (Å²) in [6.07, 6.45) is 1.21. The number of anilines is 1. The highest BCUT2D eigenvalue weighted by Gasteiger charge is 2.10. The molecule has 0 spiro atoms. The summed E-state index contributed by atoms with van der Waals surface area (Å²) in [5.74, 6) is -0.220. The Bertz CT molecular complexity index is 409. The van der Waals surface area contributed by atoms with Gasteiger partial charge in [-0.15, -0.1) is 11.3 Å². The van der Waals surface area contributed by atoms with Gasteiger partial charge in [-0.1, -0.05) is 6.92 Å². The topological polar surface area (TPSA) is 84.2 Å². The molecule has 6 heteroatoms. The first-order chi connectivity index (χ1) is 8.54. The number of nitrogens with one attached hydrogen (secondary N) is 2. The highest BCUT2D eigenvalue weighted by molar-refractivity contribution is 7.14. The maximum absolute atomic E-state index is 11.7. The van der Waals surface area contributed by atoms with E-state index in [2.05, 4.69) is 10.6 Å². The summed E-state index contributed by atoms with van der Waals surface area (Å²) in [5, 5.41) is 5.45. The van der Waals surface area contributed by atoms with Gasteiger partial charge in [0, 0.05) is 30.1 Å². The van der Waals surface area contributed by atoms with Crippen molar-refractivity contribution in [2.75, 3.05) is 18.8 Å². The fourth-order valence-corrected chi connectivity index (χ4v) is 2.19. The highest BCUT2D eigenvalue weighted by Crippen LogP contribution is 2.22. The average Bonchev–Trinajstić information content (AvgIpc) is 2.67. The van der Waals surface area contributed by atoms with Crippen LogP contribution < -0.4 is 16.4 Å². The summed E-state index contributed by atoms with van der Waals surface area (Å²) in [4.78, 5) is 24.5. The molecule has 1 rings (SSSR count). The third-order valence-corrected chi connectivity index (χ3v) is 3.45. The predicted octanol–water partition coefficient (Wildman–Crippen LogP) is 1.28. The van der Waals surface area contributed by atoms with Crippen molar-refractivity contribution in [1.82, 2.24) is 10.6 Å². The van der Waals surface area contributed by atoms with E-state index in [4.69, 9.17) is 5.73 Å². The summed E-state index contributed by atoms with van der Waals surface area (Å²) in [5.41, 5.74) is 6.31. The summed E-state index contributed by atoms with van der Waals surface area (Å²) >= 11 is 1.36. The van der Waals surface area contributed by atoms with Crippen LogP contribution in [0, 0.1) is 6.92 Å². The maximum Gasteiger partial charge on any atom is 0.261 e. The Morgan fingerprint density at radius 2 is 2.06 bits per heavy atom. The fraction of sp³-hybridized carbons (Fsp3) is 0.500. The second-order valence-corrected chi connectivity index (χ2v) is 5.23. The van der Waals surface area contributed by atoms with Crippen LogP contribution in [0.15, 0.2) is 6.07 Å². The molecular formula is C12H19N3O2S. The van der Waals surface area contributed by atoms with Crippen molar-refractivity contribution in [1.29, 1.82) is 0 Å². The van der Waals surface area contributed by atoms with E-state index in [1.165, 1.54) is 11.3 Å². The van der Waals surface area contributed by atoms with E-state index < -0.39 is 0 Å². The molecule has 100 valence electrons. The lowest BCUT2D eigenvalue weighted by atomic mass is 10.3. The van der Waals surface area contributed by atoms with Gasteiger partial charge in [-0.3, -0.25) is 9.59 Å². The molecule has 1 aromatic rings. The minimum absolute atomic E-state index is 0.0426. The van der Waals surface area contributed by atoms with Crippen molar-refractivity contribution in [2.24, 2.45) is 0 Å². The first-order valence-electron chi connectivity index (χ1n) is 5.95. The van der Waals surface area contributed by atoms with Gasteiger partial charge in [-0.05, 0) is 19.4 Å². The molecule has 0 fully saturated rings. The quantitative estimate of drug-likeness (QED) is 0.727. The van der Waals surface area contributed by atoms with E-state index in [1.807, 2.05) is 13.8 Å². The molecular weight excluding hydrogens is 250 g/mol. The number of hydrogen-bond donors (Lipinski definition) is 3. The van der Waals surface area contributed by atoms with Crippen LogP contribution in [0.2, 0.25) is 0 Å². The number of aryl methyl sites for hydroxylation is 1. The molecule has 0 aromatic carbocycles. The van der Waals surface area contributed by atoms with Gasteiger partial charge in [-0.25, -0.2) is 0 Å². The number of hydrogen-bond acceptors (Lipinski definition) is 4. The smallest absolute Gasteiger partial charge is 0.261 e. The molecule has 4 N–H and O–H groups in total. The Morgan fingerprint density at radius 3 is 2.61 bits per heavy atom. The lowest BCUT2D eigenvalue weighted by Gasteiger charge is -2.04. The predicted molar refractivity (Wildman–Crippen MR) is 73.7 cm³/mol. The zero-order valence-corrected chi connectivity index (χ0v) is 11.5. The number of rotatable bonds is 6. The molecule has 0 radical (unpaired) electrons. The molecule has 1 heterocycles. The van der Waals surface area contributed by atoms with Gasteiger partial charge in [0.15, 0.2) is 0 Å². The van der Waals surface area contributed by atoms with Crippen LogP contribution in [0.1, 0.15) is 34.3 Å². The van der Waals surface area contributed by atoms with Crippen LogP contribution in [0.5, 0.6) is 0 Å². The second kappa shape index (κ2) is 7.00. The molecule has 2 amide bonds. The molecule has 0 bridgehead atoms. The minimum Gasteiger partial charge on any atom is -0.398 e. The summed E-state index contributed by atoms with van der Waals surface area (Å²) < 4.78 is 0. The first kappa shape index (κ1) is 14.5. The van der Waals surface area contributed by atoms with Crippen molar-refractivity contribution in [2.45, 2.75) is 26.7 Å². The molecule has 0 saturated carbocycles. The van der Waals surface area contributed by atoms with Crippen LogP contribution in [0.25, 0.3) is 0 Å². The number of carbonyl (C=O) groups excluding carboxylic acids is 2. The highest BCUT2D eigenvalue weighted by atomic mass is 32.1. The van der Waals surface area contributed by atoms with E-state index >= 15 is 0 Å². The van der Waals surface area contributed by atoms with Crippen LogP contribution in [0.4, 0.5) is 5.69 Å². The lowest BCUT2D eigenvalue weighted by Crippen LogP contribution is -2.30. The largest absolute Gasteiger partial charge is 0.398 e. The molecule has 0 aliphatic heterocycles. The molecule has 0 unspecified atom stereocenters. The molecule has 18 heavy (non-hydrogen) atoms. The Morgan fingerprint density at radius 1 is 1.33 bits per heavy atom. The molecule has 0 aliphatic carbocycles. The maximum atomic E-state index is 11.7. The van der Waals surface area contributed by atoms with E-state index in [0.29, 0.717) is 30.1 Å². The van der Waals surface area contributed by atoms with Gasteiger partial charge in [0.2, 0.25) is 5.91 Å². The van der Waals surface area contributed by atoms with Gasteiger partial charge >= 0.3 is 0 Å². The van der Waals surface area contributed by atoms with Crippen molar-refractivity contribution in [3.63, 3.8) is 0 Å². The Hall–Kier alpha value is -1.56. The zero-order chi connectivity index (χ0) is 13.5. The number of amides is 2. The van der Waals surface area contributed by atoms with Crippen LogP contribution >= 0.6 is 11.3 Å². The van der Waals surface area contributed by atoms with Gasteiger partial charge in [0.1, 0.15) is 0 Å². The number of nitrogen functional groups attached to an aromatic ring is 1. The van der Waals surface area contributed by atoms with Crippen molar-refractivity contribution in [3.8, 4) is 0 Å². The monoisotopic (exact) mass is 269 g/mol. The standard InChI is InChI=1S/C12H19N3O2S/c1-3-5-14-11(16)4-6-15-12(17)10-7-9(13)8(2)18-10/h7H,3-6,13H2,1-2H3,(H,14,16)(H,15,17). The number of thiophene rings is 1. The Balaban J connectivity index is 2.31. The summed E-state index contributed by atoms with van der Waals surface area (Å²) in [6.45, 7) is 4.87. The van der Waals surface area contributed by atoms with E-state index in [9.17, 15) is 9.59 Å². The van der Waals surface area contributed by atoms with Crippen molar-refractivity contribution >= 4 is 28.8 Å². The van der Waals surface area contributed by atoms with Crippen LogP contribution in [-0.4, -0.2) is 24.9 Å². The third kappa shape index (κ3) is 4.37. The third-order valence-electron chi connectivity index (χ3n) is 2.39. The van der Waals surface area contributed by atoms with E-state index in [-0.39, 0.29) is 11.8 Å². The average molecular weight is 269 g/mol. The zero-order valence-electron chi connectivity index (χ0n) is 10.7. The molecule has 5 nitrogen and oxygen atoms in total. The van der Waals surface area contributed by atoms with E-state index in [1.54, 1.807) is 6.07 Å². The Labute approximate surface area is 111 Å². The Kier molecular flexibility index (Phi) is 5.64. The molecule has 0 atom stereocenters. The molecule has 1 aromatic heterocycles. The van der Waals surface area contributed by atoms with Gasteiger partial charge in [0.25, 0.3) is 5.91 Å². The van der Waals surface area contributed by atoms with Gasteiger partial charge < -0.3 is 16.4 Å². The summed E-state index contributed by atoms with van der Waals surface area (Å²) in [6, 6.07) is 1.66. The summed E-state index contributed by atoms with van der Waals surface area (Å²) in [7, 11) is 0. The molecule has 0 saturated heterocycles. The number of nitrogens with two attached hydrogens (primary N) is 1. The second-order valence-electron chi connectivity index (χ2n) is 3.98. The molecule has 0 aliphatic rings. The first-order valence-corrected chi connectivity index (χ1v) is 6.77. The van der Waals surface area contributed by atoms with Crippen LogP contribution in [0.3, 0.4) is 0 Å². The van der Waals surface area contributed by atoms with Crippen LogP contribution in [-0.2, 0) is 4.79 Å². The number of carbonyl (C=O) groups is 2. The minimum atomic E-state index is -0.178. The normalized spacial score (nSPS) is 10.1. The fourth-order valence-electron chi connectivity index (χ4n) is 1.34. The lowest BCUT2D eigenvalue weighted by molar-refractivity contribution is -0.120.